The number of nitriles is 1. The van der Waals surface area contributed by atoms with Gasteiger partial charge in [0.05, 0.1) is 29.8 Å². The zero-order valence-electron chi connectivity index (χ0n) is 16.2. The van der Waals surface area contributed by atoms with Crippen molar-refractivity contribution in [3.8, 4) is 17.5 Å². The normalized spacial score (nSPS) is 16.7. The molecule has 0 unspecified atom stereocenters. The van der Waals surface area contributed by atoms with Crippen LogP contribution in [0.1, 0.15) is 36.8 Å². The zero-order chi connectivity index (χ0) is 20.9. The van der Waals surface area contributed by atoms with E-state index in [0.29, 0.717) is 23.7 Å². The summed E-state index contributed by atoms with van der Waals surface area (Å²) in [6, 6.07) is 14.9. The van der Waals surface area contributed by atoms with Crippen molar-refractivity contribution >= 4 is 11.6 Å². The minimum Gasteiger partial charge on any atom is -0.419 e. The van der Waals surface area contributed by atoms with Crippen LogP contribution in [-0.4, -0.2) is 34.1 Å². The second-order valence-electron chi connectivity index (χ2n) is 7.15. The Morgan fingerprint density at radius 3 is 2.93 bits per heavy atom. The molecule has 1 saturated heterocycles. The van der Waals surface area contributed by atoms with Crippen LogP contribution < -0.4 is 5.32 Å². The van der Waals surface area contributed by atoms with Crippen LogP contribution in [0.25, 0.3) is 11.5 Å². The third-order valence-corrected chi connectivity index (χ3v) is 5.07. The Kier molecular flexibility index (Phi) is 5.82. The number of hydrogen-bond acceptors (Lipinski definition) is 6. The third kappa shape index (κ3) is 4.36. The number of piperidine rings is 1. The molecule has 2 heterocycles. The molecule has 0 radical (unpaired) electrons. The monoisotopic (exact) mass is 405 g/mol. The maximum absolute atomic E-state index is 14.0. The number of anilines is 1. The van der Waals surface area contributed by atoms with Gasteiger partial charge in [-0.25, -0.2) is 4.39 Å². The second kappa shape index (κ2) is 8.84. The van der Waals surface area contributed by atoms with Crippen LogP contribution in [0.4, 0.5) is 10.1 Å². The second-order valence-corrected chi connectivity index (χ2v) is 7.15. The van der Waals surface area contributed by atoms with Crippen LogP contribution in [0.15, 0.2) is 52.9 Å². The molecule has 152 valence electrons. The number of hydrogen-bond donors (Lipinski definition) is 1. The SMILES string of the molecule is N#Cc1cccc(NC(=O)CN2CCCC[C@@H]2c2nnc(-c3ccccc3F)o2)c1. The minimum absolute atomic E-state index is 0.131. The number of aromatic nitrogens is 2. The van der Waals surface area contributed by atoms with Gasteiger partial charge in [-0.05, 0) is 49.7 Å². The summed E-state index contributed by atoms with van der Waals surface area (Å²) in [5.74, 6) is -0.100. The van der Waals surface area contributed by atoms with E-state index in [-0.39, 0.29) is 29.9 Å². The molecule has 8 heteroatoms. The molecule has 0 spiro atoms. The number of carbonyl (C=O) groups is 1. The minimum atomic E-state index is -0.424. The maximum Gasteiger partial charge on any atom is 0.250 e. The fourth-order valence-electron chi connectivity index (χ4n) is 3.62. The Hall–Kier alpha value is -3.57. The summed E-state index contributed by atoms with van der Waals surface area (Å²) in [5.41, 5.74) is 1.32. The largest absolute Gasteiger partial charge is 0.419 e. The Morgan fingerprint density at radius 2 is 2.10 bits per heavy atom. The van der Waals surface area contributed by atoms with Gasteiger partial charge in [0.2, 0.25) is 11.8 Å². The molecule has 4 rings (SSSR count). The van der Waals surface area contributed by atoms with Gasteiger partial charge in [0.25, 0.3) is 5.89 Å². The average Bonchev–Trinajstić information content (AvgIpc) is 3.24. The average molecular weight is 405 g/mol. The lowest BCUT2D eigenvalue weighted by Crippen LogP contribution is -2.39. The molecule has 0 aliphatic carbocycles. The van der Waals surface area contributed by atoms with Crippen molar-refractivity contribution in [2.75, 3.05) is 18.4 Å². The smallest absolute Gasteiger partial charge is 0.250 e. The van der Waals surface area contributed by atoms with Gasteiger partial charge < -0.3 is 9.73 Å². The fraction of sp³-hybridized carbons (Fsp3) is 0.273. The van der Waals surface area contributed by atoms with E-state index >= 15 is 0 Å². The van der Waals surface area contributed by atoms with Crippen molar-refractivity contribution in [3.05, 3.63) is 65.8 Å². The highest BCUT2D eigenvalue weighted by atomic mass is 19.1. The summed E-state index contributed by atoms with van der Waals surface area (Å²) >= 11 is 0. The Bertz CT molecular complexity index is 1090. The van der Waals surface area contributed by atoms with Gasteiger partial charge >= 0.3 is 0 Å². The van der Waals surface area contributed by atoms with E-state index in [4.69, 9.17) is 9.68 Å². The van der Waals surface area contributed by atoms with Gasteiger partial charge in [-0.1, -0.05) is 24.6 Å². The highest BCUT2D eigenvalue weighted by Crippen LogP contribution is 2.32. The number of rotatable bonds is 5. The summed E-state index contributed by atoms with van der Waals surface area (Å²) in [6.07, 6.45) is 2.71. The van der Waals surface area contributed by atoms with Crippen LogP contribution >= 0.6 is 0 Å². The molecule has 0 saturated carbocycles. The molecule has 1 atom stereocenters. The van der Waals surface area contributed by atoms with Crippen molar-refractivity contribution in [3.63, 3.8) is 0 Å². The molecule has 2 aromatic carbocycles. The number of nitrogens with zero attached hydrogens (tertiary/aromatic N) is 4. The van der Waals surface area contributed by atoms with Crippen LogP contribution in [0, 0.1) is 17.1 Å². The van der Waals surface area contributed by atoms with Crippen LogP contribution in [0.3, 0.4) is 0 Å². The lowest BCUT2D eigenvalue weighted by Gasteiger charge is -2.32. The molecule has 1 N–H and O–H groups in total. The number of halogens is 1. The van der Waals surface area contributed by atoms with Crippen molar-refractivity contribution in [1.82, 2.24) is 15.1 Å². The van der Waals surface area contributed by atoms with Crippen molar-refractivity contribution in [1.29, 1.82) is 5.26 Å². The molecule has 0 bridgehead atoms. The predicted molar refractivity (Wildman–Crippen MR) is 108 cm³/mol. The van der Waals surface area contributed by atoms with E-state index in [1.807, 2.05) is 4.90 Å². The lowest BCUT2D eigenvalue weighted by atomic mass is 10.0. The molecule has 1 amide bonds. The van der Waals surface area contributed by atoms with Gasteiger partial charge in [-0.2, -0.15) is 5.26 Å². The quantitative estimate of drug-likeness (QED) is 0.691. The van der Waals surface area contributed by atoms with Crippen LogP contribution in [0.2, 0.25) is 0 Å². The first-order valence-corrected chi connectivity index (χ1v) is 9.76. The molecule has 30 heavy (non-hydrogen) atoms. The van der Waals surface area contributed by atoms with Crippen LogP contribution in [0.5, 0.6) is 0 Å². The third-order valence-electron chi connectivity index (χ3n) is 5.07. The molecule has 7 nitrogen and oxygen atoms in total. The first-order chi connectivity index (χ1) is 14.6. The lowest BCUT2D eigenvalue weighted by molar-refractivity contribution is -0.118. The molecule has 3 aromatic rings. The van der Waals surface area contributed by atoms with Crippen molar-refractivity contribution in [2.24, 2.45) is 0 Å². The molecule has 1 aliphatic heterocycles. The standard InChI is InChI=1S/C22H20FN5O2/c23-18-9-2-1-8-17(18)21-26-27-22(30-21)19-10-3-4-11-28(19)14-20(29)25-16-7-5-6-15(12-16)13-24/h1-2,5-9,12,19H,3-4,10-11,14H2,(H,25,29)/t19-/m1/s1. The van der Waals surface area contributed by atoms with Gasteiger partial charge in [0.15, 0.2) is 0 Å². The number of benzene rings is 2. The summed E-state index contributed by atoms with van der Waals surface area (Å²) in [7, 11) is 0. The Labute approximate surface area is 173 Å². The molecular formula is C22H20FN5O2. The summed E-state index contributed by atoms with van der Waals surface area (Å²) in [5, 5.41) is 20.0. The zero-order valence-corrected chi connectivity index (χ0v) is 16.2. The van der Waals surface area contributed by atoms with Crippen molar-refractivity contribution in [2.45, 2.75) is 25.3 Å². The Morgan fingerprint density at radius 1 is 1.23 bits per heavy atom. The number of nitrogens with one attached hydrogen (secondary N) is 1. The fourth-order valence-corrected chi connectivity index (χ4v) is 3.62. The first kappa shape index (κ1) is 19.7. The highest BCUT2D eigenvalue weighted by molar-refractivity contribution is 5.92. The number of likely N-dealkylation sites (tertiary alicyclic amines) is 1. The highest BCUT2D eigenvalue weighted by Gasteiger charge is 2.30. The van der Waals surface area contributed by atoms with Gasteiger partial charge in [-0.3, -0.25) is 9.69 Å². The van der Waals surface area contributed by atoms with E-state index in [9.17, 15) is 9.18 Å². The molecule has 1 aromatic heterocycles. The molecule has 1 aliphatic rings. The first-order valence-electron chi connectivity index (χ1n) is 9.76. The van der Waals surface area contributed by atoms with E-state index in [1.165, 1.54) is 6.07 Å². The van der Waals surface area contributed by atoms with Gasteiger partial charge in [-0.15, -0.1) is 10.2 Å². The van der Waals surface area contributed by atoms with E-state index in [1.54, 1.807) is 42.5 Å². The summed E-state index contributed by atoms with van der Waals surface area (Å²) in [6.45, 7) is 0.868. The van der Waals surface area contributed by atoms with Crippen molar-refractivity contribution < 1.29 is 13.6 Å². The summed E-state index contributed by atoms with van der Waals surface area (Å²) in [4.78, 5) is 14.6. The van der Waals surface area contributed by atoms with Crippen LogP contribution in [-0.2, 0) is 4.79 Å². The Balaban J connectivity index is 1.47. The number of carbonyl (C=O) groups excluding carboxylic acids is 1. The molecule has 1 fully saturated rings. The number of amides is 1. The van der Waals surface area contributed by atoms with Gasteiger partial charge in [0.1, 0.15) is 5.82 Å². The van der Waals surface area contributed by atoms with Gasteiger partial charge in [0, 0.05) is 5.69 Å². The van der Waals surface area contributed by atoms with E-state index < -0.39 is 5.82 Å². The molecular weight excluding hydrogens is 385 g/mol. The maximum atomic E-state index is 14.0. The predicted octanol–water partition coefficient (Wildman–Crippen LogP) is 3.91. The van der Waals surface area contributed by atoms with E-state index in [0.717, 1.165) is 19.3 Å². The van der Waals surface area contributed by atoms with E-state index in [2.05, 4.69) is 21.6 Å². The summed E-state index contributed by atoms with van der Waals surface area (Å²) < 4.78 is 19.8. The topological polar surface area (TPSA) is 95.1 Å².